The van der Waals surface area contributed by atoms with Crippen LogP contribution in [0.2, 0.25) is 0 Å². The molecule has 4 heteroatoms. The van der Waals surface area contributed by atoms with Gasteiger partial charge in [-0.05, 0) is 82.2 Å². The molecule has 4 nitrogen and oxygen atoms in total. The first-order valence-corrected chi connectivity index (χ1v) is 16.9. The van der Waals surface area contributed by atoms with Crippen molar-refractivity contribution in [3.63, 3.8) is 0 Å². The molecule has 2 heterocycles. The Labute approximate surface area is 289 Å². The van der Waals surface area contributed by atoms with Gasteiger partial charge in [0.1, 0.15) is 0 Å². The third kappa shape index (κ3) is 4.39. The smallest absolute Gasteiger partial charge is 0.0942 e. The number of aromatic nitrogens is 2. The second kappa shape index (κ2) is 11.4. The van der Waals surface area contributed by atoms with E-state index in [1.54, 1.807) is 0 Å². The third-order valence-electron chi connectivity index (χ3n) is 9.83. The van der Waals surface area contributed by atoms with Gasteiger partial charge in [0.2, 0.25) is 0 Å². The molecule has 0 aliphatic heterocycles. The second-order valence-corrected chi connectivity index (χ2v) is 12.6. The van der Waals surface area contributed by atoms with Gasteiger partial charge in [0.05, 0.1) is 33.8 Å². The van der Waals surface area contributed by atoms with Gasteiger partial charge in [-0.3, -0.25) is 9.97 Å². The van der Waals surface area contributed by atoms with Crippen molar-refractivity contribution in [2.45, 2.75) is 0 Å². The monoisotopic (exact) mass is 638 g/mol. The van der Waals surface area contributed by atoms with E-state index in [1.807, 2.05) is 24.5 Å². The van der Waals surface area contributed by atoms with Crippen molar-refractivity contribution in [3.05, 3.63) is 182 Å². The lowest BCUT2D eigenvalue weighted by molar-refractivity contribution is 1.29. The molecule has 0 bridgehead atoms. The molecule has 0 radical (unpaired) electrons. The van der Waals surface area contributed by atoms with Crippen LogP contribution in [-0.2, 0) is 0 Å². The quantitative estimate of drug-likeness (QED) is 0.170. The molecule has 234 valence electrons. The number of fused-ring (bicyclic) bond motifs is 2. The lowest BCUT2D eigenvalue weighted by atomic mass is 9.91. The van der Waals surface area contributed by atoms with E-state index in [4.69, 9.17) is 9.97 Å². The molecule has 0 saturated heterocycles. The highest BCUT2D eigenvalue weighted by Gasteiger charge is 2.23. The van der Waals surface area contributed by atoms with Gasteiger partial charge < -0.3 is 9.80 Å². The summed E-state index contributed by atoms with van der Waals surface area (Å²) in [5.74, 6) is 0. The fraction of sp³-hybridized carbons (Fsp3) is 0. The van der Waals surface area contributed by atoms with Crippen LogP contribution in [0.15, 0.2) is 182 Å². The van der Waals surface area contributed by atoms with Crippen LogP contribution in [0.5, 0.6) is 0 Å². The average molecular weight is 639 g/mol. The average Bonchev–Trinajstić information content (AvgIpc) is 3.19. The Kier molecular flexibility index (Phi) is 6.46. The molecule has 10 aromatic rings. The Balaban J connectivity index is 1.27. The zero-order valence-electron chi connectivity index (χ0n) is 27.1. The predicted molar refractivity (Wildman–Crippen MR) is 210 cm³/mol. The van der Waals surface area contributed by atoms with Gasteiger partial charge in [0.15, 0.2) is 0 Å². The fourth-order valence-electron chi connectivity index (χ4n) is 7.67. The Morgan fingerprint density at radius 3 is 1.18 bits per heavy atom. The Morgan fingerprint density at radius 2 is 0.720 bits per heavy atom. The standard InChI is InChI=1S/C46H30N4/c1-3-15-35(16-4-1)49(41-19-7-11-33-13-9-29-47-45(33)41)39-27-23-31-22-26-38-40(28-24-32-21-25-37(39)43(31)44(32)38)50(36-17-5-2-6-18-36)42-20-8-12-34-14-10-30-48-46(34)42/h1-30H. The van der Waals surface area contributed by atoms with E-state index >= 15 is 0 Å². The first-order valence-electron chi connectivity index (χ1n) is 16.9. The number of hydrogen-bond acceptors (Lipinski definition) is 4. The lowest BCUT2D eigenvalue weighted by Gasteiger charge is -2.30. The fourth-order valence-corrected chi connectivity index (χ4v) is 7.67. The van der Waals surface area contributed by atoms with E-state index in [9.17, 15) is 0 Å². The van der Waals surface area contributed by atoms with Gasteiger partial charge >= 0.3 is 0 Å². The van der Waals surface area contributed by atoms with Crippen LogP contribution in [-0.4, -0.2) is 9.97 Å². The predicted octanol–water partition coefficient (Wildman–Crippen LogP) is 12.6. The van der Waals surface area contributed by atoms with Crippen molar-refractivity contribution in [3.8, 4) is 0 Å². The topological polar surface area (TPSA) is 32.3 Å². The van der Waals surface area contributed by atoms with Gasteiger partial charge in [-0.25, -0.2) is 0 Å². The first-order chi connectivity index (χ1) is 24.8. The minimum absolute atomic E-state index is 0.967. The van der Waals surface area contributed by atoms with Crippen molar-refractivity contribution >= 4 is 88.2 Å². The summed E-state index contributed by atoms with van der Waals surface area (Å²) in [5.41, 5.74) is 8.41. The SMILES string of the molecule is c1ccc(N(c2ccc3ccc4c(N(c5ccccc5)c5cccc6cccnc56)ccc5ccc2c3c54)c2cccc3cccnc23)cc1. The molecule has 8 aromatic carbocycles. The van der Waals surface area contributed by atoms with Gasteiger partial charge in [0, 0.05) is 45.3 Å². The summed E-state index contributed by atoms with van der Waals surface area (Å²) in [7, 11) is 0. The summed E-state index contributed by atoms with van der Waals surface area (Å²) in [6, 6.07) is 60.5. The molecule has 50 heavy (non-hydrogen) atoms. The summed E-state index contributed by atoms with van der Waals surface area (Å²) >= 11 is 0. The summed E-state index contributed by atoms with van der Waals surface area (Å²) < 4.78 is 0. The van der Waals surface area contributed by atoms with Gasteiger partial charge in [0.25, 0.3) is 0 Å². The molecule has 0 spiro atoms. The normalized spacial score (nSPS) is 11.6. The van der Waals surface area contributed by atoms with Crippen molar-refractivity contribution in [2.75, 3.05) is 9.80 Å². The maximum Gasteiger partial charge on any atom is 0.0942 e. The molecule has 2 aromatic heterocycles. The van der Waals surface area contributed by atoms with E-state index in [0.29, 0.717) is 0 Å². The molecule has 0 aliphatic rings. The molecule has 0 N–H and O–H groups in total. The highest BCUT2D eigenvalue weighted by molar-refractivity contribution is 6.28. The highest BCUT2D eigenvalue weighted by Crippen LogP contribution is 2.48. The lowest BCUT2D eigenvalue weighted by Crippen LogP contribution is -2.12. The van der Waals surface area contributed by atoms with Gasteiger partial charge in [-0.1, -0.05) is 109 Å². The van der Waals surface area contributed by atoms with Crippen LogP contribution >= 0.6 is 0 Å². The van der Waals surface area contributed by atoms with Crippen LogP contribution in [0, 0.1) is 0 Å². The Bertz CT molecular complexity index is 2620. The van der Waals surface area contributed by atoms with Crippen LogP contribution < -0.4 is 9.80 Å². The van der Waals surface area contributed by atoms with E-state index in [2.05, 4.69) is 168 Å². The van der Waals surface area contributed by atoms with Gasteiger partial charge in [-0.2, -0.15) is 0 Å². The zero-order valence-corrected chi connectivity index (χ0v) is 27.1. The number of nitrogens with zero attached hydrogens (tertiary/aromatic N) is 4. The first kappa shape index (κ1) is 28.3. The summed E-state index contributed by atoms with van der Waals surface area (Å²) in [4.78, 5) is 14.5. The van der Waals surface area contributed by atoms with Crippen molar-refractivity contribution in [1.29, 1.82) is 0 Å². The minimum Gasteiger partial charge on any atom is -0.308 e. The largest absolute Gasteiger partial charge is 0.308 e. The Morgan fingerprint density at radius 1 is 0.300 bits per heavy atom. The molecule has 0 fully saturated rings. The molecule has 10 rings (SSSR count). The van der Waals surface area contributed by atoms with Crippen LogP contribution in [0.4, 0.5) is 34.1 Å². The maximum atomic E-state index is 4.87. The van der Waals surface area contributed by atoms with Crippen LogP contribution in [0.25, 0.3) is 54.1 Å². The molecule has 0 amide bonds. The van der Waals surface area contributed by atoms with Crippen LogP contribution in [0.1, 0.15) is 0 Å². The van der Waals surface area contributed by atoms with Crippen molar-refractivity contribution in [2.24, 2.45) is 0 Å². The van der Waals surface area contributed by atoms with E-state index in [-0.39, 0.29) is 0 Å². The molecule has 0 aliphatic carbocycles. The summed E-state index contributed by atoms with van der Waals surface area (Å²) in [6.07, 6.45) is 3.76. The third-order valence-corrected chi connectivity index (χ3v) is 9.83. The number of hydrogen-bond donors (Lipinski definition) is 0. The number of pyridine rings is 2. The molecule has 0 unspecified atom stereocenters. The van der Waals surface area contributed by atoms with E-state index in [1.165, 1.54) is 32.3 Å². The minimum atomic E-state index is 0.967. The van der Waals surface area contributed by atoms with Crippen molar-refractivity contribution < 1.29 is 0 Å². The molecule has 0 atom stereocenters. The number of rotatable bonds is 6. The number of para-hydroxylation sites is 4. The molecular formula is C46H30N4. The maximum absolute atomic E-state index is 4.87. The number of benzene rings is 8. The van der Waals surface area contributed by atoms with E-state index in [0.717, 1.165) is 55.9 Å². The highest BCUT2D eigenvalue weighted by atomic mass is 15.2. The summed E-state index contributed by atoms with van der Waals surface area (Å²) in [6.45, 7) is 0. The molecule has 0 saturated carbocycles. The van der Waals surface area contributed by atoms with Crippen LogP contribution in [0.3, 0.4) is 0 Å². The zero-order chi connectivity index (χ0) is 33.0. The summed E-state index contributed by atoms with van der Waals surface area (Å²) in [5, 5.41) is 9.51. The van der Waals surface area contributed by atoms with Crippen molar-refractivity contribution in [1.82, 2.24) is 9.97 Å². The van der Waals surface area contributed by atoms with E-state index < -0.39 is 0 Å². The molecular weight excluding hydrogens is 609 g/mol. The van der Waals surface area contributed by atoms with Gasteiger partial charge in [-0.15, -0.1) is 0 Å². The second-order valence-electron chi connectivity index (χ2n) is 12.6. The Hall–Kier alpha value is -6.78. The number of anilines is 6.